The Morgan fingerprint density at radius 1 is 0.926 bits per heavy atom. The van der Waals surface area contributed by atoms with Crippen LogP contribution in [0.2, 0.25) is 0 Å². The normalized spacial score (nSPS) is 11.4. The van der Waals surface area contributed by atoms with Crippen LogP contribution in [-0.4, -0.2) is 39.5 Å². The number of hydrogen-bond acceptors (Lipinski definition) is 6. The fourth-order valence-corrected chi connectivity index (χ4v) is 2.07. The van der Waals surface area contributed by atoms with E-state index in [-0.39, 0.29) is 23.0 Å². The number of carboxylic acids is 2. The molecule has 0 unspecified atom stereocenters. The quantitative estimate of drug-likeness (QED) is 0.431. The second-order valence-electron chi connectivity index (χ2n) is 5.25. The van der Waals surface area contributed by atoms with Gasteiger partial charge in [0.05, 0.1) is 7.11 Å². The van der Waals surface area contributed by atoms with Crippen LogP contribution in [0.25, 0.3) is 12.2 Å². The summed E-state index contributed by atoms with van der Waals surface area (Å²) in [5.41, 5.74) is 0.768. The van der Waals surface area contributed by atoms with Crippen molar-refractivity contribution in [3.63, 3.8) is 0 Å². The maximum atomic E-state index is 11.5. The van der Waals surface area contributed by atoms with Crippen molar-refractivity contribution >= 4 is 24.1 Å². The van der Waals surface area contributed by atoms with Gasteiger partial charge in [-0.25, -0.2) is 9.59 Å². The van der Waals surface area contributed by atoms with E-state index >= 15 is 0 Å². The summed E-state index contributed by atoms with van der Waals surface area (Å²) >= 11 is 0. The van der Waals surface area contributed by atoms with Crippen molar-refractivity contribution in [2.75, 3.05) is 7.11 Å². The first-order valence-corrected chi connectivity index (χ1v) is 7.54. The fourth-order valence-electron chi connectivity index (χ4n) is 2.07. The minimum absolute atomic E-state index is 0.108. The van der Waals surface area contributed by atoms with Crippen LogP contribution in [0, 0.1) is 0 Å². The van der Waals surface area contributed by atoms with E-state index in [1.807, 2.05) is 0 Å². The fraction of sp³-hybridized carbons (Fsp3) is 0.0526. The second-order valence-corrected chi connectivity index (χ2v) is 5.25. The average Bonchev–Trinajstić information content (AvgIpc) is 2.62. The summed E-state index contributed by atoms with van der Waals surface area (Å²) in [6.45, 7) is 0. The molecule has 2 rings (SSSR count). The SMILES string of the molecule is COc1cc(/C=C(/Oc2cc(/C=C/C(=O)O)ccc2O)C(=O)O)ccc1O. The Balaban J connectivity index is 2.37. The van der Waals surface area contributed by atoms with Crippen molar-refractivity contribution in [2.45, 2.75) is 0 Å². The molecule has 0 bridgehead atoms. The summed E-state index contributed by atoms with van der Waals surface area (Å²) in [7, 11) is 1.35. The second kappa shape index (κ2) is 8.43. The third kappa shape index (κ3) is 5.27. The van der Waals surface area contributed by atoms with E-state index in [1.54, 1.807) is 0 Å². The van der Waals surface area contributed by atoms with Gasteiger partial charge in [-0.15, -0.1) is 0 Å². The number of aromatic hydroxyl groups is 2. The predicted octanol–water partition coefficient (Wildman–Crippen LogP) is 2.71. The van der Waals surface area contributed by atoms with Crippen LogP contribution in [0.1, 0.15) is 11.1 Å². The lowest BCUT2D eigenvalue weighted by atomic mass is 10.1. The van der Waals surface area contributed by atoms with Gasteiger partial charge < -0.3 is 29.9 Å². The van der Waals surface area contributed by atoms with Crippen LogP contribution in [0.15, 0.2) is 48.2 Å². The topological polar surface area (TPSA) is 134 Å². The number of rotatable bonds is 7. The molecule has 0 radical (unpaired) electrons. The number of benzene rings is 2. The number of phenolic OH excluding ortho intramolecular Hbond substituents is 2. The lowest BCUT2D eigenvalue weighted by Gasteiger charge is -2.10. The Labute approximate surface area is 153 Å². The standard InChI is InChI=1S/C19H16O8/c1-26-15-9-12(3-6-13(15)20)10-17(19(24)25)27-16-8-11(2-5-14(16)21)4-7-18(22)23/h2-10,20-21H,1H3,(H,22,23)(H,24,25)/b7-4+,17-10+. The van der Waals surface area contributed by atoms with Crippen molar-refractivity contribution in [3.05, 3.63) is 59.4 Å². The molecule has 0 spiro atoms. The molecule has 140 valence electrons. The van der Waals surface area contributed by atoms with Crippen LogP contribution in [0.5, 0.6) is 23.0 Å². The van der Waals surface area contributed by atoms with Crippen LogP contribution >= 0.6 is 0 Å². The molecule has 0 aliphatic carbocycles. The lowest BCUT2D eigenvalue weighted by Crippen LogP contribution is -2.08. The van der Waals surface area contributed by atoms with Crippen LogP contribution in [-0.2, 0) is 9.59 Å². The summed E-state index contributed by atoms with van der Waals surface area (Å²) in [4.78, 5) is 22.1. The number of carboxylic acid groups (broad SMARTS) is 2. The summed E-state index contributed by atoms with van der Waals surface area (Å²) in [6, 6.07) is 8.18. The molecule has 0 aromatic heterocycles. The number of ether oxygens (including phenoxy) is 2. The Hall–Kier alpha value is -3.94. The monoisotopic (exact) mass is 372 g/mol. The summed E-state index contributed by atoms with van der Waals surface area (Å²) in [5, 5.41) is 37.5. The molecule has 8 heteroatoms. The van der Waals surface area contributed by atoms with Gasteiger partial charge in [-0.3, -0.25) is 0 Å². The average molecular weight is 372 g/mol. The van der Waals surface area contributed by atoms with Gasteiger partial charge in [0.25, 0.3) is 0 Å². The van der Waals surface area contributed by atoms with Gasteiger partial charge in [0, 0.05) is 6.08 Å². The maximum absolute atomic E-state index is 11.5. The van der Waals surface area contributed by atoms with Crippen LogP contribution < -0.4 is 9.47 Å². The maximum Gasteiger partial charge on any atom is 0.371 e. The molecular weight excluding hydrogens is 356 g/mol. The molecule has 0 fully saturated rings. The predicted molar refractivity (Wildman–Crippen MR) is 95.7 cm³/mol. The van der Waals surface area contributed by atoms with Crippen molar-refractivity contribution in [3.8, 4) is 23.0 Å². The minimum Gasteiger partial charge on any atom is -0.504 e. The molecule has 2 aromatic carbocycles. The molecular formula is C19H16O8. The Morgan fingerprint density at radius 3 is 2.11 bits per heavy atom. The van der Waals surface area contributed by atoms with Gasteiger partial charge in [0.2, 0.25) is 5.76 Å². The van der Waals surface area contributed by atoms with Gasteiger partial charge in [0.15, 0.2) is 23.0 Å². The third-order valence-corrected chi connectivity index (χ3v) is 3.33. The van der Waals surface area contributed by atoms with Crippen molar-refractivity contribution in [2.24, 2.45) is 0 Å². The summed E-state index contributed by atoms with van der Waals surface area (Å²) < 4.78 is 10.3. The highest BCUT2D eigenvalue weighted by Crippen LogP contribution is 2.31. The van der Waals surface area contributed by atoms with Crippen molar-refractivity contribution < 1.29 is 39.5 Å². The third-order valence-electron chi connectivity index (χ3n) is 3.33. The molecule has 4 N–H and O–H groups in total. The number of aliphatic carboxylic acids is 2. The lowest BCUT2D eigenvalue weighted by molar-refractivity contribution is -0.135. The van der Waals surface area contributed by atoms with E-state index in [0.29, 0.717) is 11.1 Å². The van der Waals surface area contributed by atoms with Gasteiger partial charge >= 0.3 is 11.9 Å². The van der Waals surface area contributed by atoms with Gasteiger partial charge in [-0.1, -0.05) is 12.1 Å². The minimum atomic E-state index is -1.40. The number of carbonyl (C=O) groups is 2. The zero-order valence-corrected chi connectivity index (χ0v) is 14.1. The van der Waals surface area contributed by atoms with Gasteiger partial charge in [-0.2, -0.15) is 0 Å². The highest BCUT2D eigenvalue weighted by molar-refractivity contribution is 5.90. The van der Waals surface area contributed by atoms with E-state index < -0.39 is 17.7 Å². The number of hydrogen-bond donors (Lipinski definition) is 4. The number of methoxy groups -OCH3 is 1. The first-order valence-electron chi connectivity index (χ1n) is 7.54. The highest BCUT2D eigenvalue weighted by Gasteiger charge is 2.14. The molecule has 0 heterocycles. The summed E-state index contributed by atoms with van der Waals surface area (Å²) in [6.07, 6.45) is 3.35. The summed E-state index contributed by atoms with van der Waals surface area (Å²) in [5.74, 6) is -3.50. The van der Waals surface area contributed by atoms with Crippen LogP contribution in [0.4, 0.5) is 0 Å². The van der Waals surface area contributed by atoms with E-state index in [1.165, 1.54) is 55.7 Å². The Morgan fingerprint density at radius 2 is 1.52 bits per heavy atom. The first kappa shape index (κ1) is 19.4. The molecule has 2 aromatic rings. The molecule has 0 aliphatic heterocycles. The van der Waals surface area contributed by atoms with Gasteiger partial charge in [-0.05, 0) is 47.5 Å². The van der Waals surface area contributed by atoms with Gasteiger partial charge in [0.1, 0.15) is 0 Å². The van der Waals surface area contributed by atoms with Crippen molar-refractivity contribution in [1.82, 2.24) is 0 Å². The molecule has 27 heavy (non-hydrogen) atoms. The smallest absolute Gasteiger partial charge is 0.371 e. The molecule has 0 aliphatic rings. The molecule has 0 saturated heterocycles. The molecule has 0 atom stereocenters. The highest BCUT2D eigenvalue weighted by atomic mass is 16.5. The van der Waals surface area contributed by atoms with E-state index in [2.05, 4.69) is 0 Å². The van der Waals surface area contributed by atoms with E-state index in [4.69, 9.17) is 14.6 Å². The largest absolute Gasteiger partial charge is 0.504 e. The zero-order chi connectivity index (χ0) is 20.0. The Kier molecular flexibility index (Phi) is 6.06. The zero-order valence-electron chi connectivity index (χ0n) is 14.1. The Bertz CT molecular complexity index is 927. The van der Waals surface area contributed by atoms with E-state index in [9.17, 15) is 24.9 Å². The molecule has 8 nitrogen and oxygen atoms in total. The number of phenols is 2. The first-order chi connectivity index (χ1) is 12.8. The van der Waals surface area contributed by atoms with E-state index in [0.717, 1.165) is 6.08 Å². The van der Waals surface area contributed by atoms with Crippen LogP contribution in [0.3, 0.4) is 0 Å². The molecule has 0 amide bonds. The van der Waals surface area contributed by atoms with Crippen molar-refractivity contribution in [1.29, 1.82) is 0 Å². The molecule has 0 saturated carbocycles.